The fourth-order valence-electron chi connectivity index (χ4n) is 1.75. The van der Waals surface area contributed by atoms with Gasteiger partial charge >= 0.3 is 0 Å². The van der Waals surface area contributed by atoms with Crippen LogP contribution in [0.3, 0.4) is 0 Å². The molecule has 0 aliphatic heterocycles. The van der Waals surface area contributed by atoms with Gasteiger partial charge in [-0.05, 0) is 42.5 Å². The predicted octanol–water partition coefficient (Wildman–Crippen LogP) is 1.74. The van der Waals surface area contributed by atoms with E-state index in [2.05, 4.69) is 44.3 Å². The van der Waals surface area contributed by atoms with E-state index in [1.54, 1.807) is 0 Å². The first-order valence-electron chi connectivity index (χ1n) is 6.09. The molecular formula is C14H22N2O. The summed E-state index contributed by atoms with van der Waals surface area (Å²) in [6, 6.07) is 6.60. The second-order valence-electron chi connectivity index (χ2n) is 4.73. The summed E-state index contributed by atoms with van der Waals surface area (Å²) in [5, 5.41) is 3.03. The van der Waals surface area contributed by atoms with Gasteiger partial charge in [-0.3, -0.25) is 4.79 Å². The van der Waals surface area contributed by atoms with Gasteiger partial charge in [-0.1, -0.05) is 32.0 Å². The molecule has 17 heavy (non-hydrogen) atoms. The molecule has 1 aromatic carbocycles. The third kappa shape index (κ3) is 4.57. The van der Waals surface area contributed by atoms with E-state index in [1.165, 1.54) is 16.7 Å². The van der Waals surface area contributed by atoms with Crippen molar-refractivity contribution in [3.8, 4) is 0 Å². The first kappa shape index (κ1) is 13.7. The van der Waals surface area contributed by atoms with Crippen molar-refractivity contribution in [1.29, 1.82) is 0 Å². The summed E-state index contributed by atoms with van der Waals surface area (Å²) < 4.78 is 0. The molecule has 3 heteroatoms. The lowest BCUT2D eigenvalue weighted by Gasteiger charge is -2.11. The number of carbonyl (C=O) groups excluding carboxylic acids is 1. The summed E-state index contributed by atoms with van der Waals surface area (Å²) in [6.45, 7) is 7.54. The molecular weight excluding hydrogens is 212 g/mol. The number of nitrogens with one attached hydrogen (secondary N) is 1. The van der Waals surface area contributed by atoms with E-state index in [4.69, 9.17) is 5.73 Å². The summed E-state index contributed by atoms with van der Waals surface area (Å²) in [5.74, 6) is 0.241. The van der Waals surface area contributed by atoms with Gasteiger partial charge in [0.2, 0.25) is 5.91 Å². The molecule has 0 bridgehead atoms. The van der Waals surface area contributed by atoms with Crippen LogP contribution in [0.2, 0.25) is 0 Å². The lowest BCUT2D eigenvalue weighted by Crippen LogP contribution is -2.30. The van der Waals surface area contributed by atoms with Crippen LogP contribution < -0.4 is 11.1 Å². The molecule has 0 radical (unpaired) electrons. The van der Waals surface area contributed by atoms with E-state index in [0.29, 0.717) is 5.92 Å². The Balaban J connectivity index is 2.57. The minimum Gasteiger partial charge on any atom is -0.369 e. The zero-order valence-electron chi connectivity index (χ0n) is 10.9. The van der Waals surface area contributed by atoms with Crippen LogP contribution in [-0.4, -0.2) is 19.0 Å². The first-order valence-corrected chi connectivity index (χ1v) is 6.09. The highest BCUT2D eigenvalue weighted by atomic mass is 16.1. The molecule has 1 amide bonds. The third-order valence-electron chi connectivity index (χ3n) is 2.91. The normalized spacial score (nSPS) is 10.8. The standard InChI is InChI=1S/C14H22N2O/c1-10(2)12-5-4-11(3)13(8-12)6-7-16-9-14(15)17/h4-5,8,10,16H,6-7,9H2,1-3H3,(H2,15,17). The minimum absolute atomic E-state index is 0.253. The Labute approximate surface area is 103 Å². The molecule has 94 valence electrons. The van der Waals surface area contributed by atoms with Gasteiger partial charge < -0.3 is 11.1 Å². The van der Waals surface area contributed by atoms with Gasteiger partial charge in [0.05, 0.1) is 6.54 Å². The van der Waals surface area contributed by atoms with Gasteiger partial charge in [-0.15, -0.1) is 0 Å². The molecule has 0 aromatic heterocycles. The Morgan fingerprint density at radius 3 is 2.71 bits per heavy atom. The number of aryl methyl sites for hydroxylation is 1. The van der Waals surface area contributed by atoms with Crippen LogP contribution in [0.25, 0.3) is 0 Å². The summed E-state index contributed by atoms with van der Waals surface area (Å²) >= 11 is 0. The molecule has 0 fully saturated rings. The molecule has 0 spiro atoms. The van der Waals surface area contributed by atoms with E-state index in [1.807, 2.05) is 0 Å². The molecule has 0 atom stereocenters. The maximum Gasteiger partial charge on any atom is 0.231 e. The van der Waals surface area contributed by atoms with Crippen LogP contribution in [0.15, 0.2) is 18.2 Å². The Bertz CT molecular complexity index is 386. The topological polar surface area (TPSA) is 55.1 Å². The zero-order valence-corrected chi connectivity index (χ0v) is 10.9. The largest absolute Gasteiger partial charge is 0.369 e. The maximum absolute atomic E-state index is 10.6. The number of rotatable bonds is 6. The van der Waals surface area contributed by atoms with Crippen molar-refractivity contribution in [3.05, 3.63) is 34.9 Å². The summed E-state index contributed by atoms with van der Waals surface area (Å²) in [4.78, 5) is 10.6. The number of nitrogens with two attached hydrogens (primary N) is 1. The van der Waals surface area contributed by atoms with Gasteiger partial charge in [0, 0.05) is 0 Å². The Hall–Kier alpha value is -1.35. The lowest BCUT2D eigenvalue weighted by atomic mass is 9.96. The molecule has 3 nitrogen and oxygen atoms in total. The van der Waals surface area contributed by atoms with Crippen LogP contribution >= 0.6 is 0 Å². The van der Waals surface area contributed by atoms with Gasteiger partial charge in [0.15, 0.2) is 0 Å². The molecule has 0 unspecified atom stereocenters. The number of hydrogen-bond donors (Lipinski definition) is 2. The second-order valence-corrected chi connectivity index (χ2v) is 4.73. The van der Waals surface area contributed by atoms with Crippen molar-refractivity contribution in [2.75, 3.05) is 13.1 Å². The number of benzene rings is 1. The van der Waals surface area contributed by atoms with Crippen LogP contribution in [0.1, 0.15) is 36.5 Å². The highest BCUT2D eigenvalue weighted by Crippen LogP contribution is 2.18. The second kappa shape index (κ2) is 6.40. The van der Waals surface area contributed by atoms with Crippen molar-refractivity contribution >= 4 is 5.91 Å². The fraction of sp³-hybridized carbons (Fsp3) is 0.500. The van der Waals surface area contributed by atoms with E-state index in [0.717, 1.165) is 13.0 Å². The maximum atomic E-state index is 10.6. The van der Waals surface area contributed by atoms with Crippen LogP contribution in [0.5, 0.6) is 0 Å². The lowest BCUT2D eigenvalue weighted by molar-refractivity contribution is -0.117. The van der Waals surface area contributed by atoms with Crippen molar-refractivity contribution < 1.29 is 4.79 Å². The average Bonchev–Trinajstić information content (AvgIpc) is 2.25. The van der Waals surface area contributed by atoms with Crippen molar-refractivity contribution in [1.82, 2.24) is 5.32 Å². The molecule has 0 heterocycles. The van der Waals surface area contributed by atoms with Crippen LogP contribution in [0, 0.1) is 6.92 Å². The molecule has 0 aliphatic carbocycles. The number of carbonyl (C=O) groups is 1. The van der Waals surface area contributed by atoms with Gasteiger partial charge in [0.1, 0.15) is 0 Å². The van der Waals surface area contributed by atoms with Crippen LogP contribution in [0.4, 0.5) is 0 Å². The monoisotopic (exact) mass is 234 g/mol. The fourth-order valence-corrected chi connectivity index (χ4v) is 1.75. The van der Waals surface area contributed by atoms with Gasteiger partial charge in [-0.2, -0.15) is 0 Å². The third-order valence-corrected chi connectivity index (χ3v) is 2.91. The SMILES string of the molecule is Cc1ccc(C(C)C)cc1CCNCC(N)=O. The molecule has 1 rings (SSSR count). The molecule has 3 N–H and O–H groups in total. The molecule has 0 saturated heterocycles. The first-order chi connectivity index (χ1) is 8.00. The number of primary amides is 1. The van der Waals surface area contributed by atoms with E-state index in [-0.39, 0.29) is 12.5 Å². The highest BCUT2D eigenvalue weighted by Gasteiger charge is 2.03. The van der Waals surface area contributed by atoms with E-state index < -0.39 is 0 Å². The summed E-state index contributed by atoms with van der Waals surface area (Å²) in [7, 11) is 0. The Kier molecular flexibility index (Phi) is 5.16. The minimum atomic E-state index is -0.308. The van der Waals surface area contributed by atoms with E-state index in [9.17, 15) is 4.79 Å². The summed E-state index contributed by atoms with van der Waals surface area (Å²) in [5.41, 5.74) is 9.07. The zero-order chi connectivity index (χ0) is 12.8. The van der Waals surface area contributed by atoms with Crippen LogP contribution in [-0.2, 0) is 11.2 Å². The smallest absolute Gasteiger partial charge is 0.231 e. The van der Waals surface area contributed by atoms with Crippen molar-refractivity contribution in [2.45, 2.75) is 33.1 Å². The van der Waals surface area contributed by atoms with Crippen molar-refractivity contribution in [2.24, 2.45) is 5.73 Å². The summed E-state index contributed by atoms with van der Waals surface area (Å²) in [6.07, 6.45) is 0.930. The van der Waals surface area contributed by atoms with E-state index >= 15 is 0 Å². The Morgan fingerprint density at radius 2 is 2.12 bits per heavy atom. The quantitative estimate of drug-likeness (QED) is 0.737. The number of hydrogen-bond acceptors (Lipinski definition) is 2. The molecule has 0 saturated carbocycles. The molecule has 0 aliphatic rings. The predicted molar refractivity (Wildman–Crippen MR) is 71.0 cm³/mol. The highest BCUT2D eigenvalue weighted by molar-refractivity contribution is 5.75. The molecule has 1 aromatic rings. The number of amides is 1. The average molecular weight is 234 g/mol. The van der Waals surface area contributed by atoms with Gasteiger partial charge in [0.25, 0.3) is 0 Å². The van der Waals surface area contributed by atoms with Gasteiger partial charge in [-0.25, -0.2) is 0 Å². The Morgan fingerprint density at radius 1 is 1.41 bits per heavy atom. The van der Waals surface area contributed by atoms with Crippen molar-refractivity contribution in [3.63, 3.8) is 0 Å².